The van der Waals surface area contributed by atoms with Gasteiger partial charge in [0.1, 0.15) is 18.2 Å². The molecule has 1 heterocycles. The van der Waals surface area contributed by atoms with Crippen LogP contribution in [0.5, 0.6) is 0 Å². The highest BCUT2D eigenvalue weighted by molar-refractivity contribution is 7.86. The van der Waals surface area contributed by atoms with E-state index in [1.807, 2.05) is 60.7 Å². The normalized spacial score (nSPS) is 21.5. The summed E-state index contributed by atoms with van der Waals surface area (Å²) in [6.45, 7) is 0.238. The lowest BCUT2D eigenvalue weighted by Crippen LogP contribution is -2.43. The van der Waals surface area contributed by atoms with E-state index < -0.39 is 40.4 Å². The minimum atomic E-state index is -3.99. The number of hydrogen-bond acceptors (Lipinski definition) is 8. The zero-order chi connectivity index (χ0) is 23.0. The second kappa shape index (κ2) is 11.1. The highest BCUT2D eigenvalue weighted by Gasteiger charge is 2.51. The molecule has 170 valence electrons. The van der Waals surface area contributed by atoms with E-state index in [9.17, 15) is 13.2 Å². The van der Waals surface area contributed by atoms with E-state index in [4.69, 9.17) is 23.9 Å². The van der Waals surface area contributed by atoms with Gasteiger partial charge in [0, 0.05) is 4.91 Å². The van der Waals surface area contributed by atoms with E-state index in [1.165, 1.54) is 0 Å². The Bertz CT molecular complexity index is 1040. The lowest BCUT2D eigenvalue weighted by Gasteiger charge is -2.25. The van der Waals surface area contributed by atoms with Crippen molar-refractivity contribution in [2.45, 2.75) is 37.6 Å². The van der Waals surface area contributed by atoms with Crippen LogP contribution in [0.15, 0.2) is 65.8 Å². The van der Waals surface area contributed by atoms with Crippen LogP contribution in [0.3, 0.4) is 0 Å². The Morgan fingerprint density at radius 2 is 1.66 bits per heavy atom. The number of nitrogens with zero attached hydrogens (tertiary/aromatic N) is 3. The van der Waals surface area contributed by atoms with Crippen LogP contribution in [-0.2, 0) is 46.5 Å². The molecule has 2 aromatic rings. The summed E-state index contributed by atoms with van der Waals surface area (Å²) in [5.41, 5.74) is 10.7. The van der Waals surface area contributed by atoms with Crippen molar-refractivity contribution in [2.24, 2.45) is 5.11 Å². The molecule has 1 saturated heterocycles. The highest BCUT2D eigenvalue weighted by Crippen LogP contribution is 2.28. The van der Waals surface area contributed by atoms with Crippen molar-refractivity contribution in [3.05, 3.63) is 82.2 Å². The summed E-state index contributed by atoms with van der Waals surface area (Å²) >= 11 is 0. The number of cyclic esters (lactones) is 1. The fraction of sp³-hybridized carbons (Fsp3) is 0.381. The smallest absolute Gasteiger partial charge is 0.340 e. The fourth-order valence-corrected chi connectivity index (χ4v) is 3.80. The average molecular weight is 461 g/mol. The van der Waals surface area contributed by atoms with Gasteiger partial charge in [0.25, 0.3) is 10.1 Å². The molecule has 1 fully saturated rings. The van der Waals surface area contributed by atoms with Gasteiger partial charge in [-0.2, -0.15) is 8.42 Å². The first kappa shape index (κ1) is 23.7. The number of azide groups is 1. The minimum Gasteiger partial charge on any atom is -0.457 e. The third-order valence-electron chi connectivity index (χ3n) is 4.65. The molecule has 32 heavy (non-hydrogen) atoms. The summed E-state index contributed by atoms with van der Waals surface area (Å²) in [7, 11) is -3.99. The lowest BCUT2D eigenvalue weighted by molar-refractivity contribution is -0.147. The Morgan fingerprint density at radius 1 is 1.06 bits per heavy atom. The van der Waals surface area contributed by atoms with Crippen LogP contribution in [0, 0.1) is 0 Å². The molecule has 0 radical (unpaired) electrons. The molecular weight excluding hydrogens is 438 g/mol. The van der Waals surface area contributed by atoms with Gasteiger partial charge in [-0.3, -0.25) is 4.18 Å². The van der Waals surface area contributed by atoms with Crippen LogP contribution in [0.2, 0.25) is 0 Å². The number of hydrogen-bond donors (Lipinski definition) is 0. The van der Waals surface area contributed by atoms with Crippen molar-refractivity contribution in [3.8, 4) is 0 Å². The number of esters is 1. The number of rotatable bonds is 11. The largest absolute Gasteiger partial charge is 0.457 e. The Balaban J connectivity index is 1.76. The van der Waals surface area contributed by atoms with Crippen molar-refractivity contribution in [3.63, 3.8) is 0 Å². The molecule has 0 unspecified atom stereocenters. The molecule has 0 aliphatic carbocycles. The summed E-state index contributed by atoms with van der Waals surface area (Å²) in [6.07, 6.45) is -2.92. The van der Waals surface area contributed by atoms with Crippen molar-refractivity contribution < 1.29 is 31.6 Å². The summed E-state index contributed by atoms with van der Waals surface area (Å²) in [5.74, 6) is -0.917. The number of carbonyl (C=O) groups is 1. The number of benzene rings is 2. The fourth-order valence-electron chi connectivity index (χ4n) is 3.24. The number of carbonyl (C=O) groups excluding carboxylic acids is 1. The van der Waals surface area contributed by atoms with Crippen molar-refractivity contribution in [1.82, 2.24) is 0 Å². The van der Waals surface area contributed by atoms with E-state index in [-0.39, 0.29) is 19.8 Å². The summed E-state index contributed by atoms with van der Waals surface area (Å²) in [6, 6.07) is 17.5. The average Bonchev–Trinajstić information content (AvgIpc) is 3.07. The van der Waals surface area contributed by atoms with Gasteiger partial charge in [-0.15, -0.1) is 0 Å². The van der Waals surface area contributed by atoms with Crippen molar-refractivity contribution in [1.29, 1.82) is 0 Å². The monoisotopic (exact) mass is 461 g/mol. The molecule has 0 aromatic heterocycles. The standard InChI is InChI=1S/C21H23N3O7S/c1-32(26,27)31-20-19(29-13-16-10-6-3-7-11-16)18(30-21(20)25)17(23-24-22)14-28-12-15-8-4-2-5-9-15/h2-11,17-20H,12-14H2,1H3/t17-,18+,19+,20-/m1/s1. The third-order valence-corrected chi connectivity index (χ3v) is 5.21. The topological polar surface area (TPSA) is 137 Å². The Labute approximate surface area is 185 Å². The van der Waals surface area contributed by atoms with Crippen molar-refractivity contribution in [2.75, 3.05) is 12.9 Å². The Morgan fingerprint density at radius 3 is 2.22 bits per heavy atom. The molecule has 2 aromatic carbocycles. The third kappa shape index (κ3) is 6.78. The molecule has 0 saturated carbocycles. The molecule has 0 spiro atoms. The van der Waals surface area contributed by atoms with Crippen LogP contribution >= 0.6 is 0 Å². The second-order valence-corrected chi connectivity index (χ2v) is 8.76. The molecule has 0 bridgehead atoms. The van der Waals surface area contributed by atoms with Gasteiger partial charge in [0.05, 0.1) is 26.1 Å². The first-order valence-electron chi connectivity index (χ1n) is 9.77. The van der Waals surface area contributed by atoms with Crippen LogP contribution in [-0.4, -0.2) is 51.6 Å². The molecule has 4 atom stereocenters. The van der Waals surface area contributed by atoms with Gasteiger partial charge in [0.2, 0.25) is 6.10 Å². The molecule has 3 rings (SSSR count). The molecule has 1 aliphatic heterocycles. The van der Waals surface area contributed by atoms with E-state index in [0.717, 1.165) is 17.4 Å². The van der Waals surface area contributed by atoms with Gasteiger partial charge in [-0.25, -0.2) is 4.79 Å². The van der Waals surface area contributed by atoms with E-state index >= 15 is 0 Å². The molecular formula is C21H23N3O7S. The van der Waals surface area contributed by atoms with Gasteiger partial charge in [0.15, 0.2) is 0 Å². The zero-order valence-corrected chi connectivity index (χ0v) is 18.1. The van der Waals surface area contributed by atoms with Crippen LogP contribution in [0.25, 0.3) is 10.4 Å². The van der Waals surface area contributed by atoms with Crippen molar-refractivity contribution >= 4 is 16.1 Å². The van der Waals surface area contributed by atoms with E-state index in [2.05, 4.69) is 10.0 Å². The van der Waals surface area contributed by atoms with Crippen LogP contribution in [0.4, 0.5) is 0 Å². The quantitative estimate of drug-likeness (QED) is 0.165. The van der Waals surface area contributed by atoms with Crippen LogP contribution < -0.4 is 0 Å². The molecule has 10 nitrogen and oxygen atoms in total. The summed E-state index contributed by atoms with van der Waals surface area (Å²) in [4.78, 5) is 15.2. The first-order chi connectivity index (χ1) is 15.4. The van der Waals surface area contributed by atoms with Crippen LogP contribution in [0.1, 0.15) is 11.1 Å². The Hall–Kier alpha value is -2.95. The van der Waals surface area contributed by atoms with Gasteiger partial charge >= 0.3 is 5.97 Å². The zero-order valence-electron chi connectivity index (χ0n) is 17.3. The molecule has 1 aliphatic rings. The lowest BCUT2D eigenvalue weighted by atomic mass is 10.0. The van der Waals surface area contributed by atoms with Gasteiger partial charge in [-0.1, -0.05) is 65.8 Å². The maximum absolute atomic E-state index is 12.4. The molecule has 0 N–H and O–H groups in total. The van der Waals surface area contributed by atoms with E-state index in [1.54, 1.807) is 0 Å². The minimum absolute atomic E-state index is 0.0656. The molecule has 11 heteroatoms. The molecule has 0 amide bonds. The predicted octanol–water partition coefficient (Wildman–Crippen LogP) is 2.74. The Kier molecular flexibility index (Phi) is 8.20. The van der Waals surface area contributed by atoms with E-state index in [0.29, 0.717) is 0 Å². The summed E-state index contributed by atoms with van der Waals surface area (Å²) < 4.78 is 45.2. The SMILES string of the molecule is CS(=O)(=O)O[C@H]1C(=O)O[C@@H]([C@@H](COCc2ccccc2)N=[N+]=[N-])[C@@H]1OCc1ccccc1. The maximum atomic E-state index is 12.4. The summed E-state index contributed by atoms with van der Waals surface area (Å²) in [5, 5.41) is 3.70. The number of ether oxygens (including phenoxy) is 3. The highest BCUT2D eigenvalue weighted by atomic mass is 32.2. The van der Waals surface area contributed by atoms with Gasteiger partial charge in [-0.05, 0) is 16.7 Å². The second-order valence-electron chi connectivity index (χ2n) is 7.16. The van der Waals surface area contributed by atoms with Gasteiger partial charge < -0.3 is 14.2 Å². The maximum Gasteiger partial charge on any atom is 0.340 e. The first-order valence-corrected chi connectivity index (χ1v) is 11.6. The predicted molar refractivity (Wildman–Crippen MR) is 114 cm³/mol.